The Morgan fingerprint density at radius 2 is 2.07 bits per heavy atom. The minimum Gasteiger partial charge on any atom is -0.369 e. The molecule has 0 saturated carbocycles. The average Bonchev–Trinajstić information content (AvgIpc) is 2.16. The molecule has 0 atom stereocenters. The number of H-pyrrole nitrogens is 1. The molecule has 4 nitrogen and oxygen atoms in total. The molecule has 0 fully saturated rings. The van der Waals surface area contributed by atoms with Crippen molar-refractivity contribution >= 4 is 17.5 Å². The number of aromatic amines is 1. The smallest absolute Gasteiger partial charge is 0.252 e. The predicted octanol–water partition coefficient (Wildman–Crippen LogP) is 1.67. The van der Waals surface area contributed by atoms with Crippen molar-refractivity contribution in [1.82, 2.24) is 9.97 Å². The third-order valence-electron chi connectivity index (χ3n) is 1.91. The number of nitrogens with zero attached hydrogens (tertiary/aromatic N) is 1. The third-order valence-corrected chi connectivity index (χ3v) is 2.24. The van der Waals surface area contributed by atoms with Crippen LogP contribution in [0.15, 0.2) is 35.1 Å². The van der Waals surface area contributed by atoms with Gasteiger partial charge in [-0.25, -0.2) is 4.98 Å². The van der Waals surface area contributed by atoms with Crippen LogP contribution in [-0.4, -0.2) is 9.97 Å². The van der Waals surface area contributed by atoms with Gasteiger partial charge in [0.1, 0.15) is 0 Å². The molecule has 76 valence electrons. The molecule has 0 amide bonds. The molecule has 0 radical (unpaired) electrons. The van der Waals surface area contributed by atoms with Gasteiger partial charge in [0.15, 0.2) is 0 Å². The van der Waals surface area contributed by atoms with Crippen molar-refractivity contribution in [2.24, 2.45) is 0 Å². The first kappa shape index (κ1) is 9.73. The Balaban J connectivity index is 2.64. The fourth-order valence-electron chi connectivity index (χ4n) is 1.28. The van der Waals surface area contributed by atoms with Gasteiger partial charge in [0.25, 0.3) is 5.56 Å². The number of hydrogen-bond donors (Lipinski definition) is 2. The van der Waals surface area contributed by atoms with Crippen LogP contribution in [0, 0.1) is 0 Å². The lowest BCUT2D eigenvalue weighted by molar-refractivity contribution is 1.14. The number of nitrogen functional groups attached to an aromatic ring is 1. The van der Waals surface area contributed by atoms with Gasteiger partial charge < -0.3 is 5.73 Å². The highest BCUT2D eigenvalue weighted by atomic mass is 35.5. The maximum Gasteiger partial charge on any atom is 0.252 e. The Kier molecular flexibility index (Phi) is 2.43. The van der Waals surface area contributed by atoms with E-state index < -0.39 is 0 Å². The average molecular weight is 222 g/mol. The van der Waals surface area contributed by atoms with Gasteiger partial charge in [0.2, 0.25) is 5.95 Å². The van der Waals surface area contributed by atoms with Crippen LogP contribution in [0.5, 0.6) is 0 Å². The van der Waals surface area contributed by atoms with Gasteiger partial charge in [-0.3, -0.25) is 9.78 Å². The molecule has 0 unspecified atom stereocenters. The molecule has 2 aromatic rings. The van der Waals surface area contributed by atoms with E-state index >= 15 is 0 Å². The monoisotopic (exact) mass is 221 g/mol. The molecular formula is C10H8ClN3O. The highest BCUT2D eigenvalue weighted by Gasteiger charge is 2.05. The first-order chi connectivity index (χ1) is 7.16. The summed E-state index contributed by atoms with van der Waals surface area (Å²) in [4.78, 5) is 17.5. The Morgan fingerprint density at radius 1 is 1.33 bits per heavy atom. The normalized spacial score (nSPS) is 10.2. The molecule has 0 aliphatic rings. The summed E-state index contributed by atoms with van der Waals surface area (Å²) in [7, 11) is 0. The highest BCUT2D eigenvalue weighted by molar-refractivity contribution is 6.33. The zero-order valence-corrected chi connectivity index (χ0v) is 8.45. The molecule has 0 aliphatic carbocycles. The molecule has 0 saturated heterocycles. The predicted molar refractivity (Wildman–Crippen MR) is 59.7 cm³/mol. The molecule has 5 heteroatoms. The van der Waals surface area contributed by atoms with Crippen LogP contribution >= 0.6 is 11.6 Å². The lowest BCUT2D eigenvalue weighted by Crippen LogP contribution is -2.10. The maximum atomic E-state index is 11.2. The number of benzene rings is 1. The number of nitrogens with one attached hydrogen (secondary N) is 1. The molecule has 1 aromatic carbocycles. The zero-order chi connectivity index (χ0) is 10.8. The molecule has 2 rings (SSSR count). The van der Waals surface area contributed by atoms with Crippen molar-refractivity contribution in [2.75, 3.05) is 5.73 Å². The molecule has 1 aromatic heterocycles. The summed E-state index contributed by atoms with van der Waals surface area (Å²) in [6.45, 7) is 0. The highest BCUT2D eigenvalue weighted by Crippen LogP contribution is 2.24. The third kappa shape index (κ3) is 1.99. The van der Waals surface area contributed by atoms with E-state index in [1.54, 1.807) is 12.1 Å². The first-order valence-corrected chi connectivity index (χ1v) is 4.66. The number of nitrogens with two attached hydrogens (primary N) is 1. The molecular weight excluding hydrogens is 214 g/mol. The van der Waals surface area contributed by atoms with Crippen molar-refractivity contribution in [3.8, 4) is 11.3 Å². The molecule has 15 heavy (non-hydrogen) atoms. The largest absolute Gasteiger partial charge is 0.369 e. The minimum absolute atomic E-state index is 0.0809. The number of halogens is 1. The molecule has 3 N–H and O–H groups in total. The van der Waals surface area contributed by atoms with Crippen LogP contribution in [0.4, 0.5) is 5.95 Å². The first-order valence-electron chi connectivity index (χ1n) is 4.28. The minimum atomic E-state index is -0.294. The van der Waals surface area contributed by atoms with Crippen molar-refractivity contribution in [1.29, 1.82) is 0 Å². The lowest BCUT2D eigenvalue weighted by atomic mass is 10.1. The Morgan fingerprint density at radius 3 is 2.73 bits per heavy atom. The van der Waals surface area contributed by atoms with Gasteiger partial charge in [0.05, 0.1) is 5.69 Å². The van der Waals surface area contributed by atoms with Crippen molar-refractivity contribution in [3.63, 3.8) is 0 Å². The fourth-order valence-corrected chi connectivity index (χ4v) is 1.52. The van der Waals surface area contributed by atoms with Crippen LogP contribution in [-0.2, 0) is 0 Å². The van der Waals surface area contributed by atoms with E-state index in [-0.39, 0.29) is 11.5 Å². The molecule has 0 spiro atoms. The van der Waals surface area contributed by atoms with Crippen molar-refractivity contribution in [2.45, 2.75) is 0 Å². The van der Waals surface area contributed by atoms with Crippen LogP contribution < -0.4 is 11.3 Å². The summed E-state index contributed by atoms with van der Waals surface area (Å²) < 4.78 is 0. The van der Waals surface area contributed by atoms with E-state index in [1.807, 2.05) is 12.1 Å². The standard InChI is InChI=1S/C10H8ClN3O/c11-7-4-2-1-3-6(7)8-5-9(15)14-10(12)13-8/h1-5H,(H3,12,13,14,15). The molecule has 0 bridgehead atoms. The summed E-state index contributed by atoms with van der Waals surface area (Å²) in [5.74, 6) is 0.0809. The van der Waals surface area contributed by atoms with E-state index in [0.29, 0.717) is 16.3 Å². The van der Waals surface area contributed by atoms with E-state index in [2.05, 4.69) is 9.97 Å². The summed E-state index contributed by atoms with van der Waals surface area (Å²) >= 11 is 5.97. The molecule has 0 aliphatic heterocycles. The van der Waals surface area contributed by atoms with E-state index in [0.717, 1.165) is 0 Å². The Bertz CT molecular complexity index is 550. The van der Waals surface area contributed by atoms with Crippen molar-refractivity contribution < 1.29 is 0 Å². The van der Waals surface area contributed by atoms with Gasteiger partial charge >= 0.3 is 0 Å². The fraction of sp³-hybridized carbons (Fsp3) is 0. The topological polar surface area (TPSA) is 71.8 Å². The number of rotatable bonds is 1. The number of anilines is 1. The quantitative estimate of drug-likeness (QED) is 0.770. The van der Waals surface area contributed by atoms with Gasteiger partial charge in [-0.15, -0.1) is 0 Å². The van der Waals surface area contributed by atoms with Crippen LogP contribution in [0.1, 0.15) is 0 Å². The van der Waals surface area contributed by atoms with E-state index in [4.69, 9.17) is 17.3 Å². The van der Waals surface area contributed by atoms with Gasteiger partial charge in [-0.2, -0.15) is 0 Å². The summed E-state index contributed by atoms with van der Waals surface area (Å²) in [5.41, 5.74) is 6.31. The van der Waals surface area contributed by atoms with E-state index in [9.17, 15) is 4.79 Å². The number of hydrogen-bond acceptors (Lipinski definition) is 3. The van der Waals surface area contributed by atoms with E-state index in [1.165, 1.54) is 6.07 Å². The van der Waals surface area contributed by atoms with Gasteiger partial charge in [-0.1, -0.05) is 29.8 Å². The summed E-state index contributed by atoms with van der Waals surface area (Å²) in [6, 6.07) is 8.50. The maximum absolute atomic E-state index is 11.2. The SMILES string of the molecule is Nc1nc(-c2ccccc2Cl)cc(=O)[nH]1. The number of aromatic nitrogens is 2. The Hall–Kier alpha value is -1.81. The van der Waals surface area contributed by atoms with Gasteiger partial charge in [-0.05, 0) is 6.07 Å². The lowest BCUT2D eigenvalue weighted by Gasteiger charge is -2.02. The zero-order valence-electron chi connectivity index (χ0n) is 7.70. The van der Waals surface area contributed by atoms with Crippen LogP contribution in [0.25, 0.3) is 11.3 Å². The van der Waals surface area contributed by atoms with Crippen LogP contribution in [0.2, 0.25) is 5.02 Å². The van der Waals surface area contributed by atoms with Crippen LogP contribution in [0.3, 0.4) is 0 Å². The summed E-state index contributed by atoms with van der Waals surface area (Å²) in [6.07, 6.45) is 0. The Labute approximate surface area is 90.7 Å². The summed E-state index contributed by atoms with van der Waals surface area (Å²) in [5, 5.41) is 0.537. The van der Waals surface area contributed by atoms with Crippen molar-refractivity contribution in [3.05, 3.63) is 45.7 Å². The second-order valence-corrected chi connectivity index (χ2v) is 3.40. The van der Waals surface area contributed by atoms with Gasteiger partial charge in [0, 0.05) is 16.7 Å². The second kappa shape index (κ2) is 3.74. The molecule has 1 heterocycles. The second-order valence-electron chi connectivity index (χ2n) is 3.00.